The van der Waals surface area contributed by atoms with Crippen LogP contribution in [0.15, 0.2) is 81.9 Å². The molecule has 0 aliphatic carbocycles. The fourth-order valence-corrected chi connectivity index (χ4v) is 3.91. The number of carbonyl (C=O) groups is 1. The number of aromatic hydroxyl groups is 1. The van der Waals surface area contributed by atoms with Gasteiger partial charge < -0.3 is 10.2 Å². The van der Waals surface area contributed by atoms with Crippen molar-refractivity contribution in [1.29, 1.82) is 0 Å². The highest BCUT2D eigenvalue weighted by atomic mass is 32.2. The lowest BCUT2D eigenvalue weighted by Crippen LogP contribution is -1.98. The number of nitrogens with zero attached hydrogens (tertiary/aromatic N) is 2. The number of fused-ring (bicyclic) bond motifs is 2. The van der Waals surface area contributed by atoms with Crippen molar-refractivity contribution in [3.05, 3.63) is 72.3 Å². The second kappa shape index (κ2) is 7.21. The number of phenols is 1. The Labute approximate surface area is 170 Å². The van der Waals surface area contributed by atoms with Gasteiger partial charge in [-0.2, -0.15) is 8.42 Å². The summed E-state index contributed by atoms with van der Waals surface area (Å²) in [7, 11) is -4.42. The van der Waals surface area contributed by atoms with Crippen molar-refractivity contribution in [3.8, 4) is 5.75 Å². The Morgan fingerprint density at radius 3 is 2.27 bits per heavy atom. The van der Waals surface area contributed by atoms with Crippen LogP contribution in [-0.2, 0) is 10.1 Å². The maximum Gasteiger partial charge on any atom is 0.335 e. The molecule has 0 saturated heterocycles. The van der Waals surface area contributed by atoms with Crippen LogP contribution in [0.25, 0.3) is 21.5 Å². The summed E-state index contributed by atoms with van der Waals surface area (Å²) in [6.45, 7) is 0. The topological polar surface area (TPSA) is 137 Å². The first-order valence-electron chi connectivity index (χ1n) is 8.66. The summed E-state index contributed by atoms with van der Waals surface area (Å²) >= 11 is 0. The zero-order chi connectivity index (χ0) is 21.5. The highest BCUT2D eigenvalue weighted by Gasteiger charge is 2.16. The summed E-state index contributed by atoms with van der Waals surface area (Å²) < 4.78 is 32.7. The lowest BCUT2D eigenvalue weighted by molar-refractivity contribution is 0.0697. The van der Waals surface area contributed by atoms with Crippen LogP contribution in [0.4, 0.5) is 11.4 Å². The van der Waals surface area contributed by atoms with Crippen LogP contribution in [0.2, 0.25) is 0 Å². The fraction of sp³-hybridized carbons (Fsp3) is 0. The van der Waals surface area contributed by atoms with Gasteiger partial charge in [-0.3, -0.25) is 4.55 Å². The van der Waals surface area contributed by atoms with Gasteiger partial charge >= 0.3 is 5.97 Å². The molecule has 0 amide bonds. The van der Waals surface area contributed by atoms with E-state index in [2.05, 4.69) is 10.2 Å². The van der Waals surface area contributed by atoms with E-state index in [-0.39, 0.29) is 27.3 Å². The van der Waals surface area contributed by atoms with E-state index in [9.17, 15) is 22.9 Å². The standard InChI is InChI=1S/C21H14N2O6S/c24-18-9-6-12-11-13(21(25)26)5-7-14(12)20(18)23-22-17-8-10-19(30(27,28)29)16-4-2-1-3-15(16)17/h1-11,24H,(H,25,26)(H,27,28,29). The first kappa shape index (κ1) is 19.5. The van der Waals surface area contributed by atoms with Crippen LogP contribution >= 0.6 is 0 Å². The molecule has 4 aromatic carbocycles. The molecule has 9 heteroatoms. The zero-order valence-electron chi connectivity index (χ0n) is 15.2. The molecule has 3 N–H and O–H groups in total. The summed E-state index contributed by atoms with van der Waals surface area (Å²) in [4.78, 5) is 10.9. The molecular formula is C21H14N2O6S. The summed E-state index contributed by atoms with van der Waals surface area (Å²) in [6, 6.07) is 16.5. The maximum absolute atomic E-state index is 11.6. The third-order valence-corrected chi connectivity index (χ3v) is 5.53. The monoisotopic (exact) mass is 422 g/mol. The maximum atomic E-state index is 11.6. The van der Waals surface area contributed by atoms with Crippen molar-refractivity contribution in [2.75, 3.05) is 0 Å². The van der Waals surface area contributed by atoms with Gasteiger partial charge in [0.25, 0.3) is 10.1 Å². The van der Waals surface area contributed by atoms with E-state index in [1.54, 1.807) is 30.3 Å². The van der Waals surface area contributed by atoms with Crippen molar-refractivity contribution in [2.24, 2.45) is 10.2 Å². The van der Waals surface area contributed by atoms with Crippen molar-refractivity contribution >= 4 is 49.0 Å². The van der Waals surface area contributed by atoms with Crippen LogP contribution in [0.5, 0.6) is 5.75 Å². The molecule has 0 spiro atoms. The summed E-state index contributed by atoms with van der Waals surface area (Å²) in [5.74, 6) is -1.22. The number of benzene rings is 4. The molecule has 0 radical (unpaired) electrons. The molecule has 0 heterocycles. The molecule has 0 aromatic heterocycles. The van der Waals surface area contributed by atoms with E-state index in [0.717, 1.165) is 0 Å². The normalized spacial score (nSPS) is 12.0. The van der Waals surface area contributed by atoms with Crippen LogP contribution in [0.1, 0.15) is 10.4 Å². The van der Waals surface area contributed by atoms with Crippen molar-refractivity contribution in [2.45, 2.75) is 4.90 Å². The molecule has 4 aromatic rings. The zero-order valence-corrected chi connectivity index (χ0v) is 16.0. The molecule has 30 heavy (non-hydrogen) atoms. The highest BCUT2D eigenvalue weighted by Crippen LogP contribution is 2.38. The van der Waals surface area contributed by atoms with Gasteiger partial charge in [0.05, 0.1) is 11.3 Å². The molecule has 0 fully saturated rings. The quantitative estimate of drug-likeness (QED) is 0.311. The third kappa shape index (κ3) is 3.47. The van der Waals surface area contributed by atoms with Crippen molar-refractivity contribution in [3.63, 3.8) is 0 Å². The molecule has 0 aliphatic heterocycles. The van der Waals surface area contributed by atoms with E-state index in [0.29, 0.717) is 21.8 Å². The average Bonchev–Trinajstić information content (AvgIpc) is 2.71. The highest BCUT2D eigenvalue weighted by molar-refractivity contribution is 7.86. The van der Waals surface area contributed by atoms with E-state index in [4.69, 9.17) is 5.11 Å². The molecule has 0 atom stereocenters. The molecule has 4 rings (SSSR count). The third-order valence-electron chi connectivity index (χ3n) is 4.61. The number of carboxylic acids is 1. The number of aromatic carboxylic acids is 1. The van der Waals surface area contributed by atoms with Gasteiger partial charge in [0.1, 0.15) is 16.3 Å². The van der Waals surface area contributed by atoms with E-state index < -0.39 is 16.1 Å². The van der Waals surface area contributed by atoms with E-state index in [1.807, 2.05) is 0 Å². The molecule has 0 bridgehead atoms. The second-order valence-electron chi connectivity index (χ2n) is 6.48. The summed E-state index contributed by atoms with van der Waals surface area (Å²) in [5, 5.41) is 29.5. The second-order valence-corrected chi connectivity index (χ2v) is 7.87. The largest absolute Gasteiger partial charge is 0.506 e. The minimum absolute atomic E-state index is 0.0999. The Bertz CT molecular complexity index is 1460. The predicted octanol–water partition coefficient (Wildman–Crippen LogP) is 5.06. The number of hydrogen-bond acceptors (Lipinski definition) is 6. The molecule has 0 aliphatic rings. The fourth-order valence-electron chi connectivity index (χ4n) is 3.21. The SMILES string of the molecule is O=C(O)c1ccc2c(N=Nc3ccc(S(=O)(=O)O)c4ccccc34)c(O)ccc2c1. The van der Waals surface area contributed by atoms with Gasteiger partial charge in [0.2, 0.25) is 0 Å². The van der Waals surface area contributed by atoms with Gasteiger partial charge in [0, 0.05) is 16.2 Å². The Kier molecular flexibility index (Phi) is 4.69. The smallest absolute Gasteiger partial charge is 0.335 e. The van der Waals surface area contributed by atoms with Gasteiger partial charge in [-0.25, -0.2) is 4.79 Å². The van der Waals surface area contributed by atoms with Gasteiger partial charge in [-0.05, 0) is 35.7 Å². The van der Waals surface area contributed by atoms with E-state index >= 15 is 0 Å². The summed E-state index contributed by atoms with van der Waals surface area (Å²) in [6.07, 6.45) is 0. The van der Waals surface area contributed by atoms with Crippen LogP contribution in [0.3, 0.4) is 0 Å². The van der Waals surface area contributed by atoms with E-state index in [1.165, 1.54) is 36.4 Å². The molecule has 0 saturated carbocycles. The summed E-state index contributed by atoms with van der Waals surface area (Å²) in [5.41, 5.74) is 0.576. The van der Waals surface area contributed by atoms with Gasteiger partial charge in [-0.1, -0.05) is 36.4 Å². The lowest BCUT2D eigenvalue weighted by atomic mass is 10.0. The molecule has 8 nitrogen and oxygen atoms in total. The number of hydrogen-bond donors (Lipinski definition) is 3. The van der Waals surface area contributed by atoms with Crippen molar-refractivity contribution < 1.29 is 28.0 Å². The molecule has 150 valence electrons. The Morgan fingerprint density at radius 2 is 1.57 bits per heavy atom. The number of carboxylic acid groups (broad SMARTS) is 1. The van der Waals surface area contributed by atoms with Crippen LogP contribution in [-0.4, -0.2) is 29.2 Å². The number of azo groups is 1. The Balaban J connectivity index is 1.87. The molecule has 0 unspecified atom stereocenters. The average molecular weight is 422 g/mol. The minimum Gasteiger partial charge on any atom is -0.506 e. The Morgan fingerprint density at radius 1 is 0.833 bits per heavy atom. The Hall–Kier alpha value is -3.82. The van der Waals surface area contributed by atoms with Gasteiger partial charge in [0.15, 0.2) is 0 Å². The van der Waals surface area contributed by atoms with Crippen LogP contribution in [0, 0.1) is 0 Å². The number of rotatable bonds is 4. The number of phenolic OH excluding ortho intramolecular Hbond substituents is 1. The van der Waals surface area contributed by atoms with Crippen molar-refractivity contribution in [1.82, 2.24) is 0 Å². The lowest BCUT2D eigenvalue weighted by Gasteiger charge is -2.07. The first-order valence-corrected chi connectivity index (χ1v) is 10.1. The van der Waals surface area contributed by atoms with Gasteiger partial charge in [-0.15, -0.1) is 10.2 Å². The minimum atomic E-state index is -4.42. The first-order chi connectivity index (χ1) is 14.3. The predicted molar refractivity (Wildman–Crippen MR) is 111 cm³/mol. The van der Waals surface area contributed by atoms with Crippen LogP contribution < -0.4 is 0 Å². The molecular weight excluding hydrogens is 408 g/mol.